The number of nitrogens with zero attached hydrogens (tertiary/aromatic N) is 1. The molecule has 21 heavy (non-hydrogen) atoms. The molecule has 0 aromatic heterocycles. The molecule has 0 aliphatic carbocycles. The molecular weight excluding hydrogens is 271 g/mol. The van der Waals surface area contributed by atoms with Gasteiger partial charge in [-0.15, -0.1) is 0 Å². The normalized spacial score (nSPS) is 9.81. The largest absolute Gasteiger partial charge is 0.493 e. The molecule has 4 nitrogen and oxygen atoms in total. The van der Waals surface area contributed by atoms with Crippen molar-refractivity contribution in [2.75, 3.05) is 19.5 Å². The molecule has 0 amide bonds. The first-order chi connectivity index (χ1) is 10.2. The summed E-state index contributed by atoms with van der Waals surface area (Å²) in [6, 6.07) is 11.8. The van der Waals surface area contributed by atoms with E-state index in [-0.39, 0.29) is 5.56 Å². The van der Waals surface area contributed by atoms with Gasteiger partial charge in [0.15, 0.2) is 11.5 Å². The van der Waals surface area contributed by atoms with Crippen LogP contribution in [0.5, 0.6) is 11.5 Å². The van der Waals surface area contributed by atoms with Crippen molar-refractivity contribution in [2.24, 2.45) is 0 Å². The second kappa shape index (κ2) is 6.62. The quantitative estimate of drug-likeness (QED) is 0.916. The van der Waals surface area contributed by atoms with E-state index in [9.17, 15) is 4.39 Å². The maximum atomic E-state index is 13.5. The Labute approximate surface area is 122 Å². The van der Waals surface area contributed by atoms with Gasteiger partial charge in [0, 0.05) is 12.1 Å². The van der Waals surface area contributed by atoms with E-state index < -0.39 is 5.82 Å². The lowest BCUT2D eigenvalue weighted by Gasteiger charge is -2.14. The summed E-state index contributed by atoms with van der Waals surface area (Å²) in [6.45, 7) is 0.387. The fourth-order valence-electron chi connectivity index (χ4n) is 2.07. The molecule has 0 saturated carbocycles. The first-order valence-corrected chi connectivity index (χ1v) is 6.33. The van der Waals surface area contributed by atoms with Crippen molar-refractivity contribution in [1.29, 1.82) is 5.26 Å². The van der Waals surface area contributed by atoms with E-state index in [0.717, 1.165) is 5.56 Å². The highest BCUT2D eigenvalue weighted by molar-refractivity contribution is 5.59. The Balaban J connectivity index is 2.25. The monoisotopic (exact) mass is 286 g/mol. The lowest BCUT2D eigenvalue weighted by atomic mass is 10.1. The van der Waals surface area contributed by atoms with Crippen LogP contribution >= 0.6 is 0 Å². The molecule has 0 radical (unpaired) electrons. The van der Waals surface area contributed by atoms with Crippen LogP contribution < -0.4 is 14.8 Å². The van der Waals surface area contributed by atoms with Gasteiger partial charge >= 0.3 is 0 Å². The van der Waals surface area contributed by atoms with Gasteiger partial charge in [0.1, 0.15) is 17.4 Å². The Kier molecular flexibility index (Phi) is 4.62. The Morgan fingerprint density at radius 1 is 1.14 bits per heavy atom. The molecule has 0 saturated heterocycles. The summed E-state index contributed by atoms with van der Waals surface area (Å²) >= 11 is 0. The summed E-state index contributed by atoms with van der Waals surface area (Å²) in [4.78, 5) is 0. The fourth-order valence-corrected chi connectivity index (χ4v) is 2.07. The molecule has 0 fully saturated rings. The number of para-hydroxylation sites is 1. The van der Waals surface area contributed by atoms with Crippen molar-refractivity contribution in [2.45, 2.75) is 6.54 Å². The van der Waals surface area contributed by atoms with E-state index in [4.69, 9.17) is 14.7 Å². The minimum absolute atomic E-state index is 0.000590. The Bertz CT molecular complexity index is 680. The molecule has 0 unspecified atom stereocenters. The number of anilines is 1. The van der Waals surface area contributed by atoms with Crippen molar-refractivity contribution < 1.29 is 13.9 Å². The number of rotatable bonds is 5. The van der Waals surface area contributed by atoms with Gasteiger partial charge in [-0.05, 0) is 18.2 Å². The molecular formula is C16H15FN2O2. The van der Waals surface area contributed by atoms with Crippen LogP contribution in [0.2, 0.25) is 0 Å². The van der Waals surface area contributed by atoms with E-state index in [1.54, 1.807) is 32.4 Å². The predicted octanol–water partition coefficient (Wildman–Crippen LogP) is 3.33. The van der Waals surface area contributed by atoms with Crippen LogP contribution in [-0.4, -0.2) is 14.2 Å². The second-order valence-corrected chi connectivity index (χ2v) is 4.28. The van der Waals surface area contributed by atoms with Crippen molar-refractivity contribution >= 4 is 5.69 Å². The van der Waals surface area contributed by atoms with Crippen LogP contribution in [-0.2, 0) is 6.54 Å². The smallest absolute Gasteiger partial charge is 0.165 e. The highest BCUT2D eigenvalue weighted by atomic mass is 19.1. The Hall–Kier alpha value is -2.74. The SMILES string of the molecule is COc1cccc(CNc2cccc(F)c2C#N)c1OC. The van der Waals surface area contributed by atoms with Crippen molar-refractivity contribution in [3.63, 3.8) is 0 Å². The third-order valence-electron chi connectivity index (χ3n) is 3.08. The van der Waals surface area contributed by atoms with E-state index in [1.807, 2.05) is 18.2 Å². The molecule has 0 spiro atoms. The topological polar surface area (TPSA) is 54.3 Å². The fraction of sp³-hybridized carbons (Fsp3) is 0.188. The number of hydrogen-bond acceptors (Lipinski definition) is 4. The van der Waals surface area contributed by atoms with E-state index >= 15 is 0 Å². The van der Waals surface area contributed by atoms with Crippen molar-refractivity contribution in [3.05, 3.63) is 53.3 Å². The van der Waals surface area contributed by atoms with Gasteiger partial charge in [0.25, 0.3) is 0 Å². The highest BCUT2D eigenvalue weighted by Gasteiger charge is 2.11. The number of methoxy groups -OCH3 is 2. The van der Waals surface area contributed by atoms with E-state index in [1.165, 1.54) is 6.07 Å². The van der Waals surface area contributed by atoms with Crippen LogP contribution in [0.3, 0.4) is 0 Å². The molecule has 108 valence electrons. The third-order valence-corrected chi connectivity index (χ3v) is 3.08. The minimum Gasteiger partial charge on any atom is -0.493 e. The summed E-state index contributed by atoms with van der Waals surface area (Å²) < 4.78 is 24.1. The predicted molar refractivity (Wildman–Crippen MR) is 78.0 cm³/mol. The molecule has 2 aromatic carbocycles. The standard InChI is InChI=1S/C16H15FN2O2/c1-20-15-8-3-5-11(16(15)21-2)10-19-14-7-4-6-13(17)12(14)9-18/h3-8,19H,10H2,1-2H3. The summed E-state index contributed by atoms with van der Waals surface area (Å²) in [7, 11) is 3.12. The van der Waals surface area contributed by atoms with Gasteiger partial charge in [-0.1, -0.05) is 18.2 Å². The average Bonchev–Trinajstić information content (AvgIpc) is 2.52. The maximum Gasteiger partial charge on any atom is 0.165 e. The summed E-state index contributed by atoms with van der Waals surface area (Å²) in [5, 5.41) is 12.1. The first kappa shape index (κ1) is 14.7. The van der Waals surface area contributed by atoms with Crippen LogP contribution in [0, 0.1) is 17.1 Å². The van der Waals surface area contributed by atoms with Gasteiger partial charge in [0.2, 0.25) is 0 Å². The van der Waals surface area contributed by atoms with Gasteiger partial charge in [-0.2, -0.15) is 5.26 Å². The van der Waals surface area contributed by atoms with Crippen LogP contribution in [0.1, 0.15) is 11.1 Å². The molecule has 0 aliphatic heterocycles. The minimum atomic E-state index is -0.542. The second-order valence-electron chi connectivity index (χ2n) is 4.28. The number of nitriles is 1. The molecule has 0 bridgehead atoms. The maximum absolute atomic E-state index is 13.5. The van der Waals surface area contributed by atoms with Crippen LogP contribution in [0.25, 0.3) is 0 Å². The molecule has 0 heterocycles. The van der Waals surface area contributed by atoms with Gasteiger partial charge in [-0.3, -0.25) is 0 Å². The zero-order valence-corrected chi connectivity index (χ0v) is 11.8. The van der Waals surface area contributed by atoms with E-state index in [0.29, 0.717) is 23.7 Å². The number of halogens is 1. The molecule has 2 rings (SSSR count). The first-order valence-electron chi connectivity index (χ1n) is 6.33. The number of nitrogens with one attached hydrogen (secondary N) is 1. The lowest BCUT2D eigenvalue weighted by molar-refractivity contribution is 0.352. The highest BCUT2D eigenvalue weighted by Crippen LogP contribution is 2.31. The Morgan fingerprint density at radius 2 is 1.90 bits per heavy atom. The number of hydrogen-bond donors (Lipinski definition) is 1. The Morgan fingerprint density at radius 3 is 2.57 bits per heavy atom. The van der Waals surface area contributed by atoms with Gasteiger partial charge < -0.3 is 14.8 Å². The number of benzene rings is 2. The van der Waals surface area contributed by atoms with Crippen LogP contribution in [0.4, 0.5) is 10.1 Å². The average molecular weight is 286 g/mol. The summed E-state index contributed by atoms with van der Waals surface area (Å²) in [5.41, 5.74) is 1.30. The van der Waals surface area contributed by atoms with Crippen molar-refractivity contribution in [1.82, 2.24) is 0 Å². The van der Waals surface area contributed by atoms with Gasteiger partial charge in [-0.25, -0.2) is 4.39 Å². The van der Waals surface area contributed by atoms with Crippen LogP contribution in [0.15, 0.2) is 36.4 Å². The summed E-state index contributed by atoms with van der Waals surface area (Å²) in [5.74, 6) is 0.694. The summed E-state index contributed by atoms with van der Waals surface area (Å²) in [6.07, 6.45) is 0. The molecule has 2 aromatic rings. The molecule has 1 N–H and O–H groups in total. The molecule has 0 atom stereocenters. The van der Waals surface area contributed by atoms with Gasteiger partial charge in [0.05, 0.1) is 19.9 Å². The lowest BCUT2D eigenvalue weighted by Crippen LogP contribution is -2.05. The zero-order valence-electron chi connectivity index (χ0n) is 11.8. The van der Waals surface area contributed by atoms with E-state index in [2.05, 4.69) is 5.32 Å². The number of ether oxygens (including phenoxy) is 2. The molecule has 0 aliphatic rings. The van der Waals surface area contributed by atoms with Crippen molar-refractivity contribution in [3.8, 4) is 17.6 Å². The third kappa shape index (κ3) is 3.06. The zero-order chi connectivity index (χ0) is 15.2. The molecule has 5 heteroatoms.